The van der Waals surface area contributed by atoms with Gasteiger partial charge in [0.1, 0.15) is 0 Å². The molecule has 1 heterocycles. The molecule has 1 aliphatic rings. The summed E-state index contributed by atoms with van der Waals surface area (Å²) in [5.41, 5.74) is 7.95. The molecule has 1 amide bonds. The summed E-state index contributed by atoms with van der Waals surface area (Å²) in [6.07, 6.45) is 1.94. The first-order valence-corrected chi connectivity index (χ1v) is 10.5. The number of benzene rings is 1. The molecular weight excluding hydrogens is 477 g/mol. The molecule has 4 N–H and O–H groups in total. The number of amides is 1. The first kappa shape index (κ1) is 25.7. The summed E-state index contributed by atoms with van der Waals surface area (Å²) in [7, 11) is 0. The fourth-order valence-corrected chi connectivity index (χ4v) is 3.39. The number of carbonyl (C=O) groups excluding carboxylic acids is 1. The third kappa shape index (κ3) is 8.90. The van der Waals surface area contributed by atoms with Crippen molar-refractivity contribution in [2.75, 3.05) is 19.6 Å². The highest BCUT2D eigenvalue weighted by atomic mass is 127. The summed E-state index contributed by atoms with van der Waals surface area (Å²) in [6, 6.07) is 8.93. The van der Waals surface area contributed by atoms with Crippen LogP contribution in [0, 0.1) is 11.8 Å². The minimum Gasteiger partial charge on any atom is -0.369 e. The Balaban J connectivity index is 0.00000420. The van der Waals surface area contributed by atoms with E-state index in [2.05, 4.69) is 67.5 Å². The summed E-state index contributed by atoms with van der Waals surface area (Å²) >= 11 is 0. The maximum Gasteiger partial charge on any atom is 0.221 e. The Bertz CT molecular complexity index is 664. The van der Waals surface area contributed by atoms with Gasteiger partial charge in [-0.2, -0.15) is 0 Å². The molecule has 0 saturated carbocycles. The largest absolute Gasteiger partial charge is 0.369 e. The van der Waals surface area contributed by atoms with Crippen LogP contribution < -0.4 is 16.4 Å². The quantitative estimate of drug-likeness (QED) is 0.282. The second-order valence-corrected chi connectivity index (χ2v) is 8.17. The predicted molar refractivity (Wildman–Crippen MR) is 131 cm³/mol. The van der Waals surface area contributed by atoms with E-state index in [1.54, 1.807) is 0 Å². The molecule has 1 aromatic carbocycles. The van der Waals surface area contributed by atoms with Crippen LogP contribution in [0.5, 0.6) is 0 Å². The van der Waals surface area contributed by atoms with Gasteiger partial charge in [0.2, 0.25) is 5.91 Å². The van der Waals surface area contributed by atoms with E-state index in [0.717, 1.165) is 45.0 Å². The number of nitrogens with zero attached hydrogens (tertiary/aromatic N) is 2. The maximum atomic E-state index is 11.5. The van der Waals surface area contributed by atoms with Gasteiger partial charge in [0, 0.05) is 25.7 Å². The molecular formula is C22H38IN5O. The monoisotopic (exact) mass is 515 g/mol. The first-order valence-electron chi connectivity index (χ1n) is 10.5. The molecule has 2 rings (SSSR count). The summed E-state index contributed by atoms with van der Waals surface area (Å²) < 4.78 is 0. The zero-order chi connectivity index (χ0) is 20.5. The van der Waals surface area contributed by atoms with E-state index in [-0.39, 0.29) is 35.8 Å². The van der Waals surface area contributed by atoms with Crippen LogP contribution in [-0.2, 0) is 17.9 Å². The number of likely N-dealkylation sites (tertiary alicyclic amines) is 1. The van der Waals surface area contributed by atoms with Gasteiger partial charge >= 0.3 is 0 Å². The standard InChI is InChI=1S/C22H37N5O.HI/c1-5-24-22(26-17(4)16(2)3)25-13-18-8-6-9-19(12-18)14-27-11-7-10-20(15-27)21(23)28;/h6,8-9,12,16-17,20H,5,7,10-11,13-15H2,1-4H3,(H2,23,28)(H2,24,25,26);1H. The Morgan fingerprint density at radius 2 is 2.03 bits per heavy atom. The molecule has 1 saturated heterocycles. The Labute approximate surface area is 193 Å². The number of hydrogen-bond donors (Lipinski definition) is 3. The number of carbonyl (C=O) groups is 1. The van der Waals surface area contributed by atoms with Crippen molar-refractivity contribution in [3.8, 4) is 0 Å². The predicted octanol–water partition coefficient (Wildman–Crippen LogP) is 3.10. The molecule has 164 valence electrons. The van der Waals surface area contributed by atoms with Gasteiger partial charge < -0.3 is 16.4 Å². The molecule has 0 aromatic heterocycles. The van der Waals surface area contributed by atoms with Crippen LogP contribution in [-0.4, -0.2) is 42.4 Å². The zero-order valence-corrected chi connectivity index (χ0v) is 20.6. The fraction of sp³-hybridized carbons (Fsp3) is 0.636. The van der Waals surface area contributed by atoms with Crippen LogP contribution >= 0.6 is 24.0 Å². The normalized spacial score (nSPS) is 18.8. The third-order valence-corrected chi connectivity index (χ3v) is 5.43. The van der Waals surface area contributed by atoms with Crippen molar-refractivity contribution in [1.29, 1.82) is 0 Å². The number of guanidine groups is 1. The summed E-state index contributed by atoms with van der Waals surface area (Å²) in [6.45, 7) is 12.8. The van der Waals surface area contributed by atoms with Crippen molar-refractivity contribution in [3.63, 3.8) is 0 Å². The molecule has 1 aliphatic heterocycles. The lowest BCUT2D eigenvalue weighted by Crippen LogP contribution is -2.44. The van der Waals surface area contributed by atoms with Crippen molar-refractivity contribution in [2.45, 2.75) is 59.7 Å². The van der Waals surface area contributed by atoms with Gasteiger partial charge in [-0.3, -0.25) is 9.69 Å². The molecule has 29 heavy (non-hydrogen) atoms. The second-order valence-electron chi connectivity index (χ2n) is 8.17. The molecule has 7 heteroatoms. The molecule has 0 spiro atoms. The number of rotatable bonds is 8. The van der Waals surface area contributed by atoms with Crippen molar-refractivity contribution in [2.24, 2.45) is 22.6 Å². The van der Waals surface area contributed by atoms with E-state index in [4.69, 9.17) is 10.7 Å². The van der Waals surface area contributed by atoms with Gasteiger partial charge in [0.05, 0.1) is 12.5 Å². The van der Waals surface area contributed by atoms with Crippen LogP contribution in [0.3, 0.4) is 0 Å². The van der Waals surface area contributed by atoms with Crippen molar-refractivity contribution in [1.82, 2.24) is 15.5 Å². The Morgan fingerprint density at radius 3 is 2.69 bits per heavy atom. The SMILES string of the molecule is CCNC(=NCc1cccc(CN2CCCC(C(N)=O)C2)c1)NC(C)C(C)C.I. The number of nitrogens with one attached hydrogen (secondary N) is 2. The van der Waals surface area contributed by atoms with E-state index < -0.39 is 0 Å². The highest BCUT2D eigenvalue weighted by Gasteiger charge is 2.23. The van der Waals surface area contributed by atoms with Gasteiger partial charge in [-0.1, -0.05) is 38.1 Å². The summed E-state index contributed by atoms with van der Waals surface area (Å²) in [5, 5.41) is 6.79. The van der Waals surface area contributed by atoms with E-state index in [0.29, 0.717) is 18.5 Å². The number of nitrogens with two attached hydrogens (primary N) is 1. The average molecular weight is 515 g/mol. The highest BCUT2D eigenvalue weighted by Crippen LogP contribution is 2.19. The molecule has 2 atom stereocenters. The van der Waals surface area contributed by atoms with Crippen LogP contribution in [0.25, 0.3) is 0 Å². The van der Waals surface area contributed by atoms with Gasteiger partial charge in [0.25, 0.3) is 0 Å². The van der Waals surface area contributed by atoms with Crippen LogP contribution in [0.2, 0.25) is 0 Å². The van der Waals surface area contributed by atoms with E-state index in [1.807, 2.05) is 0 Å². The summed E-state index contributed by atoms with van der Waals surface area (Å²) in [5.74, 6) is 1.21. The van der Waals surface area contributed by atoms with Gasteiger partial charge in [-0.05, 0) is 50.3 Å². The summed E-state index contributed by atoms with van der Waals surface area (Å²) in [4.78, 5) is 18.6. The first-order chi connectivity index (χ1) is 13.4. The maximum absolute atomic E-state index is 11.5. The second kappa shape index (κ2) is 13.1. The van der Waals surface area contributed by atoms with Gasteiger partial charge in [-0.25, -0.2) is 4.99 Å². The fourth-order valence-electron chi connectivity index (χ4n) is 3.39. The molecule has 0 bridgehead atoms. The zero-order valence-electron chi connectivity index (χ0n) is 18.3. The van der Waals surface area contributed by atoms with Crippen molar-refractivity contribution in [3.05, 3.63) is 35.4 Å². The smallest absolute Gasteiger partial charge is 0.221 e. The molecule has 2 unspecified atom stereocenters. The molecule has 6 nitrogen and oxygen atoms in total. The minimum atomic E-state index is -0.174. The van der Waals surface area contributed by atoms with Crippen molar-refractivity contribution < 1.29 is 4.79 Å². The van der Waals surface area contributed by atoms with Gasteiger partial charge in [0.15, 0.2) is 5.96 Å². The Kier molecular flexibility index (Phi) is 11.6. The molecule has 1 fully saturated rings. The van der Waals surface area contributed by atoms with E-state index in [1.165, 1.54) is 11.1 Å². The highest BCUT2D eigenvalue weighted by molar-refractivity contribution is 14.0. The molecule has 0 aliphatic carbocycles. The van der Waals surface area contributed by atoms with E-state index >= 15 is 0 Å². The number of halogens is 1. The lowest BCUT2D eigenvalue weighted by atomic mass is 9.97. The van der Waals surface area contributed by atoms with Gasteiger partial charge in [-0.15, -0.1) is 24.0 Å². The third-order valence-electron chi connectivity index (χ3n) is 5.43. The topological polar surface area (TPSA) is 82.8 Å². The Hall–Kier alpha value is -1.35. The lowest BCUT2D eigenvalue weighted by Gasteiger charge is -2.31. The number of piperidine rings is 1. The molecule has 1 aromatic rings. The van der Waals surface area contributed by atoms with E-state index in [9.17, 15) is 4.79 Å². The van der Waals surface area contributed by atoms with Crippen molar-refractivity contribution >= 4 is 35.8 Å². The minimum absolute atomic E-state index is 0. The number of aliphatic imine (C=N–C) groups is 1. The lowest BCUT2D eigenvalue weighted by molar-refractivity contribution is -0.123. The number of primary amides is 1. The van der Waals surface area contributed by atoms with Crippen LogP contribution in [0.15, 0.2) is 29.3 Å². The van der Waals surface area contributed by atoms with Crippen LogP contribution in [0.1, 0.15) is 51.7 Å². The van der Waals surface area contributed by atoms with Crippen LogP contribution in [0.4, 0.5) is 0 Å². The number of hydrogen-bond acceptors (Lipinski definition) is 3. The average Bonchev–Trinajstić information content (AvgIpc) is 2.66. The Morgan fingerprint density at radius 1 is 1.31 bits per heavy atom. The molecule has 0 radical (unpaired) electrons.